The Bertz CT molecular complexity index is 637. The van der Waals surface area contributed by atoms with Crippen LogP contribution in [0, 0.1) is 0 Å². The van der Waals surface area contributed by atoms with E-state index in [1.807, 2.05) is 0 Å². The molecule has 1 amide bonds. The summed E-state index contributed by atoms with van der Waals surface area (Å²) in [5.41, 5.74) is 13.0. The van der Waals surface area contributed by atoms with Crippen LogP contribution in [0.2, 0.25) is 0 Å². The van der Waals surface area contributed by atoms with E-state index < -0.39 is 15.9 Å². The van der Waals surface area contributed by atoms with Crippen LogP contribution in [-0.4, -0.2) is 56.0 Å². The van der Waals surface area contributed by atoms with Gasteiger partial charge in [0.1, 0.15) is 0 Å². The van der Waals surface area contributed by atoms with E-state index in [9.17, 15) is 13.2 Å². The molecule has 2 rings (SSSR count). The number of benzene rings is 1. The van der Waals surface area contributed by atoms with Gasteiger partial charge in [0.15, 0.2) is 0 Å². The predicted molar refractivity (Wildman–Crippen MR) is 81.1 cm³/mol. The van der Waals surface area contributed by atoms with Crippen LogP contribution in [0.15, 0.2) is 18.2 Å². The van der Waals surface area contributed by atoms with Crippen LogP contribution in [-0.2, 0) is 16.6 Å². The molecule has 1 aromatic carbocycles. The molecule has 7 nitrogen and oxygen atoms in total. The van der Waals surface area contributed by atoms with E-state index in [0.29, 0.717) is 44.0 Å². The number of nitrogen functional groups attached to an aromatic ring is 1. The van der Waals surface area contributed by atoms with Crippen LogP contribution in [0.5, 0.6) is 0 Å². The van der Waals surface area contributed by atoms with Gasteiger partial charge in [0, 0.05) is 44.0 Å². The third-order valence-electron chi connectivity index (χ3n) is 3.62. The molecule has 1 aliphatic rings. The van der Waals surface area contributed by atoms with Crippen LogP contribution < -0.4 is 11.5 Å². The van der Waals surface area contributed by atoms with Crippen LogP contribution in [0.3, 0.4) is 0 Å². The zero-order chi connectivity index (χ0) is 15.6. The van der Waals surface area contributed by atoms with Crippen molar-refractivity contribution in [2.24, 2.45) is 5.73 Å². The molecule has 0 atom stereocenters. The number of hydrogen-bond acceptors (Lipinski definition) is 5. The Kier molecular flexibility index (Phi) is 4.50. The number of nitrogens with zero attached hydrogens (tertiary/aromatic N) is 2. The maximum Gasteiger partial charge on any atom is 0.248 e. The fourth-order valence-electron chi connectivity index (χ4n) is 2.35. The van der Waals surface area contributed by atoms with Crippen LogP contribution in [0.4, 0.5) is 5.69 Å². The number of nitrogens with two attached hydrogens (primary N) is 2. The van der Waals surface area contributed by atoms with Crippen LogP contribution in [0.1, 0.15) is 15.9 Å². The summed E-state index contributed by atoms with van der Waals surface area (Å²) < 4.78 is 24.4. The van der Waals surface area contributed by atoms with E-state index in [0.717, 1.165) is 5.56 Å². The van der Waals surface area contributed by atoms with E-state index in [-0.39, 0.29) is 0 Å². The molecule has 1 fully saturated rings. The van der Waals surface area contributed by atoms with Gasteiger partial charge in [-0.25, -0.2) is 8.42 Å². The fourth-order valence-corrected chi connectivity index (χ4v) is 3.18. The Morgan fingerprint density at radius 1 is 1.24 bits per heavy atom. The number of anilines is 1. The lowest BCUT2D eigenvalue weighted by molar-refractivity contribution is 0.100. The Hall–Kier alpha value is -1.64. The molecule has 1 saturated heterocycles. The SMILES string of the molecule is CS(=O)(=O)N1CCN(Cc2ccc(C(N)=O)cc2N)CC1. The molecule has 0 aliphatic carbocycles. The van der Waals surface area contributed by atoms with Gasteiger partial charge in [0.2, 0.25) is 15.9 Å². The highest BCUT2D eigenvalue weighted by Crippen LogP contribution is 2.17. The van der Waals surface area contributed by atoms with Gasteiger partial charge in [-0.2, -0.15) is 4.31 Å². The van der Waals surface area contributed by atoms with Crippen LogP contribution in [0.25, 0.3) is 0 Å². The van der Waals surface area contributed by atoms with E-state index in [2.05, 4.69) is 4.90 Å². The smallest absolute Gasteiger partial charge is 0.248 e. The number of sulfonamides is 1. The minimum absolute atomic E-state index is 0.387. The molecule has 1 aromatic rings. The van der Waals surface area contributed by atoms with Crippen molar-refractivity contribution in [2.75, 3.05) is 38.2 Å². The normalized spacial score (nSPS) is 17.8. The number of piperazine rings is 1. The topological polar surface area (TPSA) is 110 Å². The van der Waals surface area contributed by atoms with Gasteiger partial charge in [-0.05, 0) is 17.7 Å². The Morgan fingerprint density at radius 2 is 1.86 bits per heavy atom. The third-order valence-corrected chi connectivity index (χ3v) is 4.93. The highest BCUT2D eigenvalue weighted by atomic mass is 32.2. The third kappa shape index (κ3) is 3.93. The molecule has 116 valence electrons. The van der Waals surface area contributed by atoms with Gasteiger partial charge in [0.25, 0.3) is 0 Å². The molecule has 0 saturated carbocycles. The van der Waals surface area contributed by atoms with Gasteiger partial charge in [-0.1, -0.05) is 6.07 Å². The summed E-state index contributed by atoms with van der Waals surface area (Å²) in [4.78, 5) is 13.2. The van der Waals surface area contributed by atoms with Crippen molar-refractivity contribution in [3.63, 3.8) is 0 Å². The van der Waals surface area contributed by atoms with Crippen molar-refractivity contribution in [3.05, 3.63) is 29.3 Å². The van der Waals surface area contributed by atoms with Gasteiger partial charge in [-0.3, -0.25) is 9.69 Å². The molecule has 4 N–H and O–H groups in total. The monoisotopic (exact) mass is 312 g/mol. The molecule has 0 bridgehead atoms. The lowest BCUT2D eigenvalue weighted by Crippen LogP contribution is -2.47. The minimum Gasteiger partial charge on any atom is -0.398 e. The largest absolute Gasteiger partial charge is 0.398 e. The first kappa shape index (κ1) is 15.7. The van der Waals surface area contributed by atoms with Gasteiger partial charge < -0.3 is 11.5 Å². The molecule has 0 radical (unpaired) electrons. The second kappa shape index (κ2) is 6.00. The average Bonchev–Trinajstić information content (AvgIpc) is 2.40. The molecule has 0 spiro atoms. The summed E-state index contributed by atoms with van der Waals surface area (Å²) in [7, 11) is -3.11. The first-order chi connectivity index (χ1) is 9.77. The Morgan fingerprint density at radius 3 is 2.33 bits per heavy atom. The van der Waals surface area contributed by atoms with Crippen molar-refractivity contribution in [1.82, 2.24) is 9.21 Å². The maximum atomic E-state index is 11.5. The molecular weight excluding hydrogens is 292 g/mol. The summed E-state index contributed by atoms with van der Waals surface area (Å²) in [6.07, 6.45) is 1.23. The number of primary amides is 1. The number of carbonyl (C=O) groups excluding carboxylic acids is 1. The molecule has 0 unspecified atom stereocenters. The second-order valence-electron chi connectivity index (χ2n) is 5.22. The zero-order valence-corrected chi connectivity index (χ0v) is 12.8. The Balaban J connectivity index is 1.99. The van der Waals surface area contributed by atoms with Gasteiger partial charge in [0.05, 0.1) is 6.26 Å². The summed E-state index contributed by atoms with van der Waals surface area (Å²) >= 11 is 0. The van der Waals surface area contributed by atoms with Crippen molar-refractivity contribution in [2.45, 2.75) is 6.54 Å². The lowest BCUT2D eigenvalue weighted by atomic mass is 10.1. The first-order valence-electron chi connectivity index (χ1n) is 6.63. The van der Waals surface area contributed by atoms with E-state index in [1.54, 1.807) is 18.2 Å². The predicted octanol–water partition coefficient (Wildman–Crippen LogP) is -0.555. The van der Waals surface area contributed by atoms with E-state index in [1.165, 1.54) is 10.6 Å². The maximum absolute atomic E-state index is 11.5. The summed E-state index contributed by atoms with van der Waals surface area (Å²) in [5.74, 6) is -0.505. The summed E-state index contributed by atoms with van der Waals surface area (Å²) in [5, 5.41) is 0. The molecule has 21 heavy (non-hydrogen) atoms. The highest BCUT2D eigenvalue weighted by molar-refractivity contribution is 7.88. The quantitative estimate of drug-likeness (QED) is 0.725. The van der Waals surface area contributed by atoms with Gasteiger partial charge >= 0.3 is 0 Å². The summed E-state index contributed by atoms with van der Waals surface area (Å²) in [6.45, 7) is 2.91. The standard InChI is InChI=1S/C13H20N4O3S/c1-21(19,20)17-6-4-16(5-7-17)9-11-3-2-10(13(15)18)8-12(11)14/h2-3,8H,4-7,9,14H2,1H3,(H2,15,18). The zero-order valence-electron chi connectivity index (χ0n) is 11.9. The van der Waals surface area contributed by atoms with Crippen molar-refractivity contribution in [3.8, 4) is 0 Å². The Labute approximate surface area is 124 Å². The van der Waals surface area contributed by atoms with E-state index >= 15 is 0 Å². The number of amides is 1. The van der Waals surface area contributed by atoms with Gasteiger partial charge in [-0.15, -0.1) is 0 Å². The molecular formula is C13H20N4O3S. The van der Waals surface area contributed by atoms with Crippen LogP contribution >= 0.6 is 0 Å². The number of carbonyl (C=O) groups is 1. The minimum atomic E-state index is -3.11. The van der Waals surface area contributed by atoms with Crippen molar-refractivity contribution >= 4 is 21.6 Å². The average molecular weight is 312 g/mol. The van der Waals surface area contributed by atoms with Crippen molar-refractivity contribution in [1.29, 1.82) is 0 Å². The van der Waals surface area contributed by atoms with E-state index in [4.69, 9.17) is 11.5 Å². The number of rotatable bonds is 4. The molecule has 1 heterocycles. The second-order valence-corrected chi connectivity index (χ2v) is 7.20. The summed E-state index contributed by atoms with van der Waals surface area (Å²) in [6, 6.07) is 5.02. The highest BCUT2D eigenvalue weighted by Gasteiger charge is 2.23. The molecule has 1 aliphatic heterocycles. The number of hydrogen-bond donors (Lipinski definition) is 2. The molecule has 8 heteroatoms. The molecule has 0 aromatic heterocycles. The van der Waals surface area contributed by atoms with Crippen molar-refractivity contribution < 1.29 is 13.2 Å². The first-order valence-corrected chi connectivity index (χ1v) is 8.48. The fraction of sp³-hybridized carbons (Fsp3) is 0.462. The lowest BCUT2D eigenvalue weighted by Gasteiger charge is -2.33.